The summed E-state index contributed by atoms with van der Waals surface area (Å²) in [7, 11) is 0. The maximum absolute atomic E-state index is 13.3. The number of benzene rings is 1. The maximum atomic E-state index is 13.3. The Kier molecular flexibility index (Phi) is 2.86. The molecular formula is C14H16FN3. The third-order valence-electron chi connectivity index (χ3n) is 3.50. The van der Waals surface area contributed by atoms with Crippen LogP contribution in [0.25, 0.3) is 10.9 Å². The van der Waals surface area contributed by atoms with E-state index in [0.29, 0.717) is 6.04 Å². The summed E-state index contributed by atoms with van der Waals surface area (Å²) in [6.07, 6.45) is 5.17. The van der Waals surface area contributed by atoms with E-state index in [2.05, 4.69) is 22.2 Å². The molecule has 2 unspecified atom stereocenters. The van der Waals surface area contributed by atoms with Crippen LogP contribution in [0.4, 0.5) is 10.2 Å². The molecule has 1 N–H and O–H groups in total. The zero-order valence-electron chi connectivity index (χ0n) is 10.4. The maximum Gasteiger partial charge on any atom is 0.137 e. The smallest absolute Gasteiger partial charge is 0.137 e. The Morgan fingerprint density at radius 3 is 3.11 bits per heavy atom. The van der Waals surface area contributed by atoms with Crippen molar-refractivity contribution in [1.82, 2.24) is 9.97 Å². The highest BCUT2D eigenvalue weighted by Gasteiger charge is 2.36. The fourth-order valence-electron chi connectivity index (χ4n) is 2.43. The van der Waals surface area contributed by atoms with Gasteiger partial charge in [-0.15, -0.1) is 0 Å². The van der Waals surface area contributed by atoms with Gasteiger partial charge < -0.3 is 5.32 Å². The van der Waals surface area contributed by atoms with Crippen molar-refractivity contribution >= 4 is 16.7 Å². The first-order valence-electron chi connectivity index (χ1n) is 6.44. The van der Waals surface area contributed by atoms with Crippen LogP contribution in [0.1, 0.15) is 26.2 Å². The molecule has 0 amide bonds. The Hall–Kier alpha value is -1.71. The van der Waals surface area contributed by atoms with Gasteiger partial charge in [0.2, 0.25) is 0 Å². The topological polar surface area (TPSA) is 37.8 Å². The second-order valence-corrected chi connectivity index (χ2v) is 4.92. The van der Waals surface area contributed by atoms with Crippen LogP contribution in [0.3, 0.4) is 0 Å². The summed E-state index contributed by atoms with van der Waals surface area (Å²) in [4.78, 5) is 8.38. The number of fused-ring (bicyclic) bond motifs is 1. The Labute approximate surface area is 105 Å². The normalized spacial score (nSPS) is 22.1. The molecule has 1 fully saturated rings. The van der Waals surface area contributed by atoms with E-state index in [1.807, 2.05) is 0 Å². The Morgan fingerprint density at radius 1 is 1.39 bits per heavy atom. The second-order valence-electron chi connectivity index (χ2n) is 4.92. The first kappa shape index (κ1) is 11.4. The van der Waals surface area contributed by atoms with Crippen molar-refractivity contribution in [2.45, 2.75) is 32.2 Å². The van der Waals surface area contributed by atoms with E-state index in [9.17, 15) is 4.39 Å². The standard InChI is InChI=1S/C14H16FN3/c1-2-3-9-6-13(9)18-14-11-7-10(15)4-5-12(11)16-8-17-14/h4-5,7-9,13H,2-3,6H2,1H3,(H,16,17,18). The van der Waals surface area contributed by atoms with Crippen molar-refractivity contribution in [1.29, 1.82) is 0 Å². The Bertz CT molecular complexity index is 570. The molecule has 3 nitrogen and oxygen atoms in total. The van der Waals surface area contributed by atoms with Crippen LogP contribution in [0.5, 0.6) is 0 Å². The first-order valence-corrected chi connectivity index (χ1v) is 6.44. The van der Waals surface area contributed by atoms with Crippen molar-refractivity contribution in [3.63, 3.8) is 0 Å². The highest BCUT2D eigenvalue weighted by Crippen LogP contribution is 2.37. The summed E-state index contributed by atoms with van der Waals surface area (Å²) in [5.41, 5.74) is 0.779. The second kappa shape index (κ2) is 4.52. The van der Waals surface area contributed by atoms with Crippen molar-refractivity contribution in [2.75, 3.05) is 5.32 Å². The molecule has 0 saturated heterocycles. The molecule has 1 aromatic carbocycles. The van der Waals surface area contributed by atoms with Gasteiger partial charge in [-0.3, -0.25) is 0 Å². The van der Waals surface area contributed by atoms with Gasteiger partial charge in [-0.2, -0.15) is 0 Å². The highest BCUT2D eigenvalue weighted by atomic mass is 19.1. The molecule has 2 atom stereocenters. The summed E-state index contributed by atoms with van der Waals surface area (Å²) in [5, 5.41) is 4.17. The van der Waals surface area contributed by atoms with Crippen molar-refractivity contribution in [3.05, 3.63) is 30.3 Å². The minimum absolute atomic E-state index is 0.249. The van der Waals surface area contributed by atoms with Gasteiger partial charge in [0, 0.05) is 11.4 Å². The van der Waals surface area contributed by atoms with E-state index < -0.39 is 0 Å². The molecule has 0 bridgehead atoms. The van der Waals surface area contributed by atoms with Crippen molar-refractivity contribution < 1.29 is 4.39 Å². The lowest BCUT2D eigenvalue weighted by Gasteiger charge is -2.07. The van der Waals surface area contributed by atoms with Crippen LogP contribution >= 0.6 is 0 Å². The van der Waals surface area contributed by atoms with Crippen molar-refractivity contribution in [2.24, 2.45) is 5.92 Å². The van der Waals surface area contributed by atoms with Crippen LogP contribution in [0, 0.1) is 11.7 Å². The van der Waals surface area contributed by atoms with E-state index >= 15 is 0 Å². The van der Waals surface area contributed by atoms with E-state index in [1.54, 1.807) is 6.07 Å². The molecule has 18 heavy (non-hydrogen) atoms. The van der Waals surface area contributed by atoms with Gasteiger partial charge in [0.05, 0.1) is 5.52 Å². The lowest BCUT2D eigenvalue weighted by molar-refractivity contribution is 0.629. The number of nitrogens with zero attached hydrogens (tertiary/aromatic N) is 2. The van der Waals surface area contributed by atoms with Gasteiger partial charge >= 0.3 is 0 Å². The predicted octanol–water partition coefficient (Wildman–Crippen LogP) is 3.37. The molecule has 1 saturated carbocycles. The van der Waals surface area contributed by atoms with E-state index in [4.69, 9.17) is 0 Å². The van der Waals surface area contributed by atoms with Crippen LogP contribution < -0.4 is 5.32 Å². The zero-order chi connectivity index (χ0) is 12.5. The van der Waals surface area contributed by atoms with E-state index in [-0.39, 0.29) is 5.82 Å². The molecule has 1 aliphatic rings. The van der Waals surface area contributed by atoms with Gasteiger partial charge in [-0.25, -0.2) is 14.4 Å². The number of nitrogens with one attached hydrogen (secondary N) is 1. The van der Waals surface area contributed by atoms with Crippen LogP contribution in [0.15, 0.2) is 24.5 Å². The summed E-state index contributed by atoms with van der Waals surface area (Å²) >= 11 is 0. The number of aromatic nitrogens is 2. The number of hydrogen-bond acceptors (Lipinski definition) is 3. The molecular weight excluding hydrogens is 229 g/mol. The first-order chi connectivity index (χ1) is 8.78. The largest absolute Gasteiger partial charge is 0.366 e. The van der Waals surface area contributed by atoms with E-state index in [0.717, 1.165) is 22.6 Å². The van der Waals surface area contributed by atoms with Gasteiger partial charge in [-0.05, 0) is 37.0 Å². The van der Waals surface area contributed by atoms with Gasteiger partial charge in [0.25, 0.3) is 0 Å². The van der Waals surface area contributed by atoms with Gasteiger partial charge in [0.1, 0.15) is 18.0 Å². The monoisotopic (exact) mass is 245 g/mol. The van der Waals surface area contributed by atoms with Crippen LogP contribution in [-0.2, 0) is 0 Å². The third-order valence-corrected chi connectivity index (χ3v) is 3.50. The van der Waals surface area contributed by atoms with E-state index in [1.165, 1.54) is 37.7 Å². The molecule has 0 radical (unpaired) electrons. The number of halogens is 1. The molecule has 3 rings (SSSR count). The van der Waals surface area contributed by atoms with Gasteiger partial charge in [0.15, 0.2) is 0 Å². The zero-order valence-corrected chi connectivity index (χ0v) is 10.4. The summed E-state index contributed by atoms with van der Waals surface area (Å²) in [5.74, 6) is 1.25. The summed E-state index contributed by atoms with van der Waals surface area (Å²) in [6.45, 7) is 2.20. The Morgan fingerprint density at radius 2 is 2.28 bits per heavy atom. The SMILES string of the molecule is CCCC1CC1Nc1ncnc2ccc(F)cc12. The molecule has 1 heterocycles. The molecule has 1 aliphatic carbocycles. The summed E-state index contributed by atoms with van der Waals surface area (Å²) in [6, 6.07) is 5.10. The minimum Gasteiger partial charge on any atom is -0.366 e. The van der Waals surface area contributed by atoms with Crippen LogP contribution in [0.2, 0.25) is 0 Å². The molecule has 4 heteroatoms. The Balaban J connectivity index is 1.86. The quantitative estimate of drug-likeness (QED) is 0.897. The molecule has 0 aliphatic heterocycles. The predicted molar refractivity (Wildman–Crippen MR) is 69.9 cm³/mol. The molecule has 94 valence electrons. The number of rotatable bonds is 4. The highest BCUT2D eigenvalue weighted by molar-refractivity contribution is 5.88. The average molecular weight is 245 g/mol. The fraction of sp³-hybridized carbons (Fsp3) is 0.429. The summed E-state index contributed by atoms with van der Waals surface area (Å²) < 4.78 is 13.3. The lowest BCUT2D eigenvalue weighted by Crippen LogP contribution is -2.07. The number of anilines is 1. The average Bonchev–Trinajstić information content (AvgIpc) is 3.09. The van der Waals surface area contributed by atoms with Gasteiger partial charge in [-0.1, -0.05) is 13.3 Å². The van der Waals surface area contributed by atoms with Crippen molar-refractivity contribution in [3.8, 4) is 0 Å². The molecule has 2 aromatic rings. The van der Waals surface area contributed by atoms with Crippen LogP contribution in [-0.4, -0.2) is 16.0 Å². The molecule has 0 spiro atoms. The molecule has 1 aromatic heterocycles. The fourth-order valence-corrected chi connectivity index (χ4v) is 2.43. The third kappa shape index (κ3) is 2.15. The minimum atomic E-state index is -0.249. The lowest BCUT2D eigenvalue weighted by atomic mass is 10.2. The number of hydrogen-bond donors (Lipinski definition) is 1.